The molecule has 0 radical (unpaired) electrons. The van der Waals surface area contributed by atoms with Crippen LogP contribution < -0.4 is 9.47 Å². The molecule has 3 aliphatic rings. The number of ether oxygens (including phenoxy) is 2. The second kappa shape index (κ2) is 7.10. The highest BCUT2D eigenvalue weighted by atomic mass is 16.5. The van der Waals surface area contributed by atoms with Crippen LogP contribution in [0.15, 0.2) is 48.5 Å². The van der Waals surface area contributed by atoms with Crippen molar-refractivity contribution in [1.82, 2.24) is 9.80 Å². The zero-order valence-electron chi connectivity index (χ0n) is 16.4. The summed E-state index contributed by atoms with van der Waals surface area (Å²) in [6.45, 7) is 3.54. The molecule has 2 aromatic carbocycles. The van der Waals surface area contributed by atoms with Gasteiger partial charge in [-0.3, -0.25) is 9.59 Å². The van der Waals surface area contributed by atoms with Crippen LogP contribution in [0, 0.1) is 0 Å². The Balaban J connectivity index is 1.20. The number of fused-ring (bicyclic) bond motifs is 2. The maximum absolute atomic E-state index is 13.0. The van der Waals surface area contributed by atoms with Crippen LogP contribution in [0.2, 0.25) is 0 Å². The lowest BCUT2D eigenvalue weighted by atomic mass is 10.1. The van der Waals surface area contributed by atoms with Gasteiger partial charge in [-0.25, -0.2) is 0 Å². The van der Waals surface area contributed by atoms with Gasteiger partial charge in [0.1, 0.15) is 11.5 Å². The van der Waals surface area contributed by atoms with Crippen molar-refractivity contribution in [2.24, 2.45) is 0 Å². The Labute approximate surface area is 170 Å². The van der Waals surface area contributed by atoms with Gasteiger partial charge in [0.25, 0.3) is 11.8 Å². The fourth-order valence-electron chi connectivity index (χ4n) is 4.51. The highest BCUT2D eigenvalue weighted by Gasteiger charge is 2.39. The van der Waals surface area contributed by atoms with Gasteiger partial charge in [-0.2, -0.15) is 0 Å². The van der Waals surface area contributed by atoms with E-state index in [9.17, 15) is 9.59 Å². The molecule has 3 heterocycles. The zero-order valence-corrected chi connectivity index (χ0v) is 16.4. The maximum Gasteiger partial charge on any atom is 0.264 e. The van der Waals surface area contributed by atoms with E-state index in [0.717, 1.165) is 22.6 Å². The van der Waals surface area contributed by atoms with Crippen LogP contribution in [0.5, 0.6) is 11.5 Å². The number of para-hydroxylation sites is 2. The Morgan fingerprint density at radius 1 is 0.828 bits per heavy atom. The second-order valence-electron chi connectivity index (χ2n) is 8.00. The molecule has 0 aliphatic carbocycles. The monoisotopic (exact) mass is 392 g/mol. The summed E-state index contributed by atoms with van der Waals surface area (Å²) in [7, 11) is 0. The third kappa shape index (κ3) is 3.22. The molecule has 5 rings (SSSR count). The summed E-state index contributed by atoms with van der Waals surface area (Å²) < 4.78 is 11.7. The Morgan fingerprint density at radius 3 is 1.93 bits per heavy atom. The van der Waals surface area contributed by atoms with Gasteiger partial charge in [0, 0.05) is 38.5 Å². The van der Waals surface area contributed by atoms with E-state index >= 15 is 0 Å². The molecule has 0 N–H and O–H groups in total. The first kappa shape index (κ1) is 18.0. The average Bonchev–Trinajstić information content (AvgIpc) is 3.36. The summed E-state index contributed by atoms with van der Waals surface area (Å²) in [5.41, 5.74) is 2.15. The predicted molar refractivity (Wildman–Crippen MR) is 107 cm³/mol. The van der Waals surface area contributed by atoms with E-state index in [4.69, 9.17) is 9.47 Å². The molecule has 6 nitrogen and oxygen atoms in total. The maximum atomic E-state index is 13.0. The summed E-state index contributed by atoms with van der Waals surface area (Å²) in [5, 5.41) is 0. The van der Waals surface area contributed by atoms with E-state index in [1.54, 1.807) is 0 Å². The molecule has 1 saturated heterocycles. The topological polar surface area (TPSA) is 59.1 Å². The van der Waals surface area contributed by atoms with E-state index < -0.39 is 12.2 Å². The van der Waals surface area contributed by atoms with Crippen LogP contribution in [-0.4, -0.2) is 59.5 Å². The Kier molecular flexibility index (Phi) is 4.42. The zero-order chi connectivity index (χ0) is 20.0. The number of piperazine rings is 1. The Morgan fingerprint density at radius 2 is 1.38 bits per heavy atom. The van der Waals surface area contributed by atoms with Gasteiger partial charge in [0.05, 0.1) is 0 Å². The molecule has 0 saturated carbocycles. The molecule has 3 atom stereocenters. The fraction of sp³-hybridized carbons (Fsp3) is 0.391. The van der Waals surface area contributed by atoms with Crippen LogP contribution in [0.4, 0.5) is 0 Å². The first-order valence-corrected chi connectivity index (χ1v) is 10.2. The Hall–Kier alpha value is -3.02. The minimum Gasteiger partial charge on any atom is -0.480 e. The molecule has 2 unspecified atom stereocenters. The standard InChI is InChI=1S/C23H24N2O4/c1-15-14-24(22(26)20-12-16-6-2-4-8-18(16)28-20)10-11-25(15)23(27)21-13-17-7-3-5-9-19(17)29-21/h2-9,15,20-21H,10-14H2,1H3/t15-,20?,21?/m0/s1. The summed E-state index contributed by atoms with van der Waals surface area (Å²) >= 11 is 0. The van der Waals surface area contributed by atoms with Crippen LogP contribution in [0.25, 0.3) is 0 Å². The number of nitrogens with zero attached hydrogens (tertiary/aromatic N) is 2. The van der Waals surface area contributed by atoms with E-state index in [2.05, 4.69) is 0 Å². The van der Waals surface area contributed by atoms with Crippen molar-refractivity contribution in [2.45, 2.75) is 38.0 Å². The third-order valence-electron chi connectivity index (χ3n) is 6.07. The summed E-state index contributed by atoms with van der Waals surface area (Å²) in [5.74, 6) is 1.60. The molecule has 0 spiro atoms. The third-order valence-corrected chi connectivity index (χ3v) is 6.07. The molecule has 2 amide bonds. The molecule has 6 heteroatoms. The molecule has 0 bridgehead atoms. The summed E-state index contributed by atoms with van der Waals surface area (Å²) in [6.07, 6.45) is 0.283. The number of amides is 2. The van der Waals surface area contributed by atoms with Crippen molar-refractivity contribution in [1.29, 1.82) is 0 Å². The van der Waals surface area contributed by atoms with Gasteiger partial charge in [0.15, 0.2) is 12.2 Å². The first-order valence-electron chi connectivity index (χ1n) is 10.2. The fourth-order valence-corrected chi connectivity index (χ4v) is 4.51. The van der Waals surface area contributed by atoms with Gasteiger partial charge < -0.3 is 19.3 Å². The van der Waals surface area contributed by atoms with Crippen molar-refractivity contribution in [3.8, 4) is 11.5 Å². The normalized spacial score (nSPS) is 25.1. The van der Waals surface area contributed by atoms with Crippen molar-refractivity contribution in [3.05, 3.63) is 59.7 Å². The van der Waals surface area contributed by atoms with E-state index in [-0.39, 0.29) is 17.9 Å². The van der Waals surface area contributed by atoms with Crippen LogP contribution in [0.1, 0.15) is 18.1 Å². The molecule has 1 fully saturated rings. The molecule has 0 aromatic heterocycles. The van der Waals surface area contributed by atoms with Crippen molar-refractivity contribution >= 4 is 11.8 Å². The summed E-state index contributed by atoms with van der Waals surface area (Å²) in [4.78, 5) is 29.7. The second-order valence-corrected chi connectivity index (χ2v) is 8.00. The minimum atomic E-state index is -0.468. The van der Waals surface area contributed by atoms with Gasteiger partial charge in [-0.15, -0.1) is 0 Å². The number of benzene rings is 2. The predicted octanol–water partition coefficient (Wildman–Crippen LogP) is 2.05. The average molecular weight is 392 g/mol. The Bertz CT molecular complexity index is 909. The highest BCUT2D eigenvalue weighted by Crippen LogP contribution is 2.31. The summed E-state index contributed by atoms with van der Waals surface area (Å²) in [6, 6.07) is 15.5. The van der Waals surface area contributed by atoms with Gasteiger partial charge in [0.2, 0.25) is 0 Å². The molecule has 29 heavy (non-hydrogen) atoms. The largest absolute Gasteiger partial charge is 0.480 e. The number of carbonyl (C=O) groups is 2. The quantitative estimate of drug-likeness (QED) is 0.785. The van der Waals surface area contributed by atoms with Gasteiger partial charge in [-0.1, -0.05) is 36.4 Å². The van der Waals surface area contributed by atoms with Crippen LogP contribution in [0.3, 0.4) is 0 Å². The van der Waals surface area contributed by atoms with Crippen LogP contribution in [-0.2, 0) is 22.4 Å². The smallest absolute Gasteiger partial charge is 0.264 e. The van der Waals surface area contributed by atoms with Crippen LogP contribution >= 0.6 is 0 Å². The number of hydrogen-bond acceptors (Lipinski definition) is 4. The molecule has 150 valence electrons. The molecular formula is C23H24N2O4. The number of rotatable bonds is 2. The van der Waals surface area contributed by atoms with Crippen molar-refractivity contribution in [3.63, 3.8) is 0 Å². The number of hydrogen-bond donors (Lipinski definition) is 0. The highest BCUT2D eigenvalue weighted by molar-refractivity contribution is 5.85. The lowest BCUT2D eigenvalue weighted by molar-refractivity contribution is -0.149. The molecule has 2 aromatic rings. The first-order chi connectivity index (χ1) is 14.1. The van der Waals surface area contributed by atoms with E-state index in [0.29, 0.717) is 32.5 Å². The lowest BCUT2D eigenvalue weighted by Crippen LogP contribution is -2.59. The van der Waals surface area contributed by atoms with Gasteiger partial charge >= 0.3 is 0 Å². The van der Waals surface area contributed by atoms with E-state index in [1.165, 1.54) is 0 Å². The minimum absolute atomic E-state index is 0.00432. The van der Waals surface area contributed by atoms with Crippen molar-refractivity contribution in [2.75, 3.05) is 19.6 Å². The van der Waals surface area contributed by atoms with Gasteiger partial charge in [-0.05, 0) is 30.2 Å². The number of carbonyl (C=O) groups excluding carboxylic acids is 2. The van der Waals surface area contributed by atoms with Crippen molar-refractivity contribution < 1.29 is 19.1 Å². The lowest BCUT2D eigenvalue weighted by Gasteiger charge is -2.41. The molecular weight excluding hydrogens is 368 g/mol. The van der Waals surface area contributed by atoms with E-state index in [1.807, 2.05) is 65.3 Å². The SMILES string of the molecule is C[C@H]1CN(C(=O)C2Cc3ccccc3O2)CCN1C(=O)C1Cc2ccccc2O1. The molecule has 3 aliphatic heterocycles.